The topological polar surface area (TPSA) is 63.9 Å². The summed E-state index contributed by atoms with van der Waals surface area (Å²) in [5.41, 5.74) is 0. The van der Waals surface area contributed by atoms with Crippen molar-refractivity contribution in [1.82, 2.24) is 4.90 Å². The number of rotatable bonds is 6. The van der Waals surface area contributed by atoms with Crippen molar-refractivity contribution in [3.8, 4) is 0 Å². The second kappa shape index (κ2) is 6.32. The third-order valence-corrected chi connectivity index (χ3v) is 2.32. The van der Waals surface area contributed by atoms with E-state index in [1.807, 2.05) is 25.7 Å². The molecule has 0 amide bonds. The molecule has 4 heteroatoms. The minimum absolute atomic E-state index is 0.0364. The maximum atomic E-state index is 8.99. The molecule has 0 aliphatic carbocycles. The lowest BCUT2D eigenvalue weighted by Crippen LogP contribution is -2.50. The molecule has 0 aliphatic heterocycles. The molecule has 0 rings (SSSR count). The van der Waals surface area contributed by atoms with Crippen LogP contribution in [0.1, 0.15) is 20.8 Å². The van der Waals surface area contributed by atoms with E-state index in [1.54, 1.807) is 0 Å². The molecule has 13 heavy (non-hydrogen) atoms. The highest BCUT2D eigenvalue weighted by molar-refractivity contribution is 4.77. The Labute approximate surface area is 79.8 Å². The molecule has 0 fully saturated rings. The third-order valence-electron chi connectivity index (χ3n) is 2.32. The van der Waals surface area contributed by atoms with Crippen LogP contribution >= 0.6 is 0 Å². The second-order valence-electron chi connectivity index (χ2n) is 3.54. The van der Waals surface area contributed by atoms with Crippen LogP contribution in [0.5, 0.6) is 0 Å². The van der Waals surface area contributed by atoms with Crippen molar-refractivity contribution >= 4 is 0 Å². The minimum atomic E-state index is -0.0377. The van der Waals surface area contributed by atoms with Gasteiger partial charge in [-0.3, -0.25) is 4.90 Å². The van der Waals surface area contributed by atoms with Crippen molar-refractivity contribution in [2.45, 2.75) is 38.9 Å². The molecule has 0 saturated carbocycles. The van der Waals surface area contributed by atoms with E-state index in [0.29, 0.717) is 0 Å². The molecule has 0 aromatic rings. The number of aliphatic hydroxyl groups is 3. The second-order valence-corrected chi connectivity index (χ2v) is 3.54. The van der Waals surface area contributed by atoms with Crippen LogP contribution < -0.4 is 0 Å². The number of hydrogen-bond donors (Lipinski definition) is 3. The molecule has 0 heterocycles. The van der Waals surface area contributed by atoms with Gasteiger partial charge in [0.05, 0.1) is 19.8 Å². The van der Waals surface area contributed by atoms with E-state index in [0.717, 1.165) is 0 Å². The average Bonchev–Trinajstić information content (AvgIpc) is 2.16. The van der Waals surface area contributed by atoms with Crippen LogP contribution in [0.3, 0.4) is 0 Å². The van der Waals surface area contributed by atoms with Crippen LogP contribution in [0, 0.1) is 0 Å². The summed E-state index contributed by atoms with van der Waals surface area (Å²) < 4.78 is 0. The predicted octanol–water partition coefficient (Wildman–Crippen LogP) is -0.569. The zero-order valence-corrected chi connectivity index (χ0v) is 8.64. The van der Waals surface area contributed by atoms with Gasteiger partial charge in [0, 0.05) is 18.1 Å². The van der Waals surface area contributed by atoms with E-state index < -0.39 is 0 Å². The highest BCUT2D eigenvalue weighted by atomic mass is 16.3. The lowest BCUT2D eigenvalue weighted by atomic mass is 10.1. The lowest BCUT2D eigenvalue weighted by Gasteiger charge is -2.36. The van der Waals surface area contributed by atoms with E-state index in [1.165, 1.54) is 0 Å². The van der Waals surface area contributed by atoms with Crippen LogP contribution in [-0.2, 0) is 0 Å². The molecular formula is C9H21NO3. The summed E-state index contributed by atoms with van der Waals surface area (Å²) in [6.45, 7) is 5.73. The smallest absolute Gasteiger partial charge is 0.0584 e. The highest BCUT2D eigenvalue weighted by Gasteiger charge is 2.23. The summed E-state index contributed by atoms with van der Waals surface area (Å²) in [5.74, 6) is 0. The first-order valence-electron chi connectivity index (χ1n) is 4.68. The Bertz CT molecular complexity index is 108. The fourth-order valence-corrected chi connectivity index (χ4v) is 1.59. The van der Waals surface area contributed by atoms with Gasteiger partial charge in [-0.2, -0.15) is 0 Å². The van der Waals surface area contributed by atoms with E-state index >= 15 is 0 Å². The maximum absolute atomic E-state index is 8.99. The first-order valence-corrected chi connectivity index (χ1v) is 4.68. The normalized spacial score (nSPS) is 18.7. The number of nitrogens with zero attached hydrogens (tertiary/aromatic N) is 1. The zero-order chi connectivity index (χ0) is 10.4. The molecule has 0 spiro atoms. The van der Waals surface area contributed by atoms with Crippen LogP contribution in [0.4, 0.5) is 0 Å². The van der Waals surface area contributed by atoms with Gasteiger partial charge in [-0.1, -0.05) is 0 Å². The Morgan fingerprint density at radius 3 is 1.15 bits per heavy atom. The zero-order valence-electron chi connectivity index (χ0n) is 8.64. The van der Waals surface area contributed by atoms with E-state index in [4.69, 9.17) is 15.3 Å². The standard InChI is InChI=1S/C9H21NO3/c1-7(4-11)10(8(2)5-12)9(3)6-13/h7-9,11-13H,4-6H2,1-3H3. The Hall–Kier alpha value is -0.160. The van der Waals surface area contributed by atoms with Gasteiger partial charge in [0.15, 0.2) is 0 Å². The fraction of sp³-hybridized carbons (Fsp3) is 1.00. The van der Waals surface area contributed by atoms with Gasteiger partial charge in [-0.25, -0.2) is 0 Å². The van der Waals surface area contributed by atoms with Gasteiger partial charge in [-0.15, -0.1) is 0 Å². The molecule has 0 aromatic carbocycles. The van der Waals surface area contributed by atoms with Crippen molar-refractivity contribution in [2.24, 2.45) is 0 Å². The monoisotopic (exact) mass is 191 g/mol. The molecule has 4 nitrogen and oxygen atoms in total. The van der Waals surface area contributed by atoms with Crippen LogP contribution in [0.25, 0.3) is 0 Å². The largest absolute Gasteiger partial charge is 0.395 e. The molecule has 3 unspecified atom stereocenters. The molecule has 0 saturated heterocycles. The van der Waals surface area contributed by atoms with E-state index in [-0.39, 0.29) is 37.9 Å². The van der Waals surface area contributed by atoms with Crippen molar-refractivity contribution in [3.05, 3.63) is 0 Å². The molecule has 0 bridgehead atoms. The predicted molar refractivity (Wildman–Crippen MR) is 51.5 cm³/mol. The Morgan fingerprint density at radius 2 is 1.00 bits per heavy atom. The maximum Gasteiger partial charge on any atom is 0.0584 e. The lowest BCUT2D eigenvalue weighted by molar-refractivity contribution is 0.0171. The van der Waals surface area contributed by atoms with Crippen molar-refractivity contribution < 1.29 is 15.3 Å². The highest BCUT2D eigenvalue weighted by Crippen LogP contribution is 2.10. The Balaban J connectivity index is 4.34. The summed E-state index contributed by atoms with van der Waals surface area (Å²) in [5, 5.41) is 27.0. The Kier molecular flexibility index (Phi) is 6.24. The average molecular weight is 191 g/mol. The Morgan fingerprint density at radius 1 is 0.769 bits per heavy atom. The molecule has 3 N–H and O–H groups in total. The fourth-order valence-electron chi connectivity index (χ4n) is 1.59. The van der Waals surface area contributed by atoms with Crippen LogP contribution in [0.2, 0.25) is 0 Å². The SMILES string of the molecule is CC(CO)N(C(C)CO)C(C)CO. The summed E-state index contributed by atoms with van der Waals surface area (Å²) in [4.78, 5) is 1.92. The molecular weight excluding hydrogens is 170 g/mol. The summed E-state index contributed by atoms with van der Waals surface area (Å²) in [6.07, 6.45) is 0. The first-order chi connectivity index (χ1) is 6.08. The van der Waals surface area contributed by atoms with Crippen LogP contribution in [-0.4, -0.2) is 58.2 Å². The van der Waals surface area contributed by atoms with Crippen molar-refractivity contribution in [2.75, 3.05) is 19.8 Å². The first kappa shape index (κ1) is 12.8. The van der Waals surface area contributed by atoms with Gasteiger partial charge in [0.1, 0.15) is 0 Å². The molecule has 0 aliphatic rings. The van der Waals surface area contributed by atoms with Gasteiger partial charge in [0.2, 0.25) is 0 Å². The van der Waals surface area contributed by atoms with Gasteiger partial charge < -0.3 is 15.3 Å². The van der Waals surface area contributed by atoms with E-state index in [9.17, 15) is 0 Å². The van der Waals surface area contributed by atoms with Gasteiger partial charge in [-0.05, 0) is 20.8 Å². The number of hydrogen-bond acceptors (Lipinski definition) is 4. The van der Waals surface area contributed by atoms with E-state index in [2.05, 4.69) is 0 Å². The summed E-state index contributed by atoms with van der Waals surface area (Å²) in [6, 6.07) is -0.113. The molecule has 80 valence electrons. The molecule has 0 aromatic heterocycles. The van der Waals surface area contributed by atoms with Crippen LogP contribution in [0.15, 0.2) is 0 Å². The number of aliphatic hydroxyl groups excluding tert-OH is 3. The quantitative estimate of drug-likeness (QED) is 0.526. The summed E-state index contributed by atoms with van der Waals surface area (Å²) >= 11 is 0. The third kappa shape index (κ3) is 3.60. The molecule has 3 atom stereocenters. The van der Waals surface area contributed by atoms with Crippen molar-refractivity contribution in [3.63, 3.8) is 0 Å². The van der Waals surface area contributed by atoms with Crippen molar-refractivity contribution in [1.29, 1.82) is 0 Å². The van der Waals surface area contributed by atoms with Gasteiger partial charge in [0.25, 0.3) is 0 Å². The molecule has 0 radical (unpaired) electrons. The minimum Gasteiger partial charge on any atom is -0.395 e. The summed E-state index contributed by atoms with van der Waals surface area (Å²) in [7, 11) is 0. The van der Waals surface area contributed by atoms with Gasteiger partial charge >= 0.3 is 0 Å².